The Morgan fingerprint density at radius 3 is 2.36 bits per heavy atom. The lowest BCUT2D eigenvalue weighted by molar-refractivity contribution is 0.206. The molecule has 0 bridgehead atoms. The summed E-state index contributed by atoms with van der Waals surface area (Å²) in [6.45, 7) is 3.70. The van der Waals surface area contributed by atoms with Crippen molar-refractivity contribution in [3.05, 3.63) is 29.8 Å². The van der Waals surface area contributed by atoms with Gasteiger partial charge in [0.05, 0.1) is 11.8 Å². The molecular weight excluding hydrogens is 304 g/mol. The zero-order valence-corrected chi connectivity index (χ0v) is 14.1. The lowest BCUT2D eigenvalue weighted by Crippen LogP contribution is -2.41. The largest absolute Gasteiger partial charge is 0.508 e. The van der Waals surface area contributed by atoms with Crippen molar-refractivity contribution in [3.8, 4) is 5.75 Å². The van der Waals surface area contributed by atoms with Crippen LogP contribution in [0.3, 0.4) is 0 Å². The SMILES string of the molecule is CCC(NC(=O)N(C)CCS(=O)(=O)CC)c1ccc(O)cc1. The zero-order valence-electron chi connectivity index (χ0n) is 13.2. The predicted octanol–water partition coefficient (Wildman–Crippen LogP) is 1.92. The average molecular weight is 328 g/mol. The molecule has 0 saturated heterocycles. The number of benzene rings is 1. The fraction of sp³-hybridized carbons (Fsp3) is 0.533. The molecule has 1 rings (SSSR count). The standard InChI is InChI=1S/C15H24N2O4S/c1-4-14(12-6-8-13(18)9-7-12)16-15(19)17(3)10-11-22(20,21)5-2/h6-9,14,18H,4-5,10-11H2,1-3H3,(H,16,19). The van der Waals surface area contributed by atoms with Gasteiger partial charge in [0.2, 0.25) is 0 Å². The molecule has 2 N–H and O–H groups in total. The summed E-state index contributed by atoms with van der Waals surface area (Å²) >= 11 is 0. The maximum Gasteiger partial charge on any atom is 0.317 e. The number of nitrogens with one attached hydrogen (secondary N) is 1. The second kappa shape index (κ2) is 8.03. The molecule has 0 aliphatic rings. The van der Waals surface area contributed by atoms with Crippen LogP contribution < -0.4 is 5.32 Å². The molecule has 6 nitrogen and oxygen atoms in total. The summed E-state index contributed by atoms with van der Waals surface area (Å²) < 4.78 is 23.0. The molecular formula is C15H24N2O4S. The first-order valence-corrected chi connectivity index (χ1v) is 9.12. The monoisotopic (exact) mass is 328 g/mol. The number of rotatable bonds is 7. The molecule has 0 spiro atoms. The van der Waals surface area contributed by atoms with Crippen molar-refractivity contribution in [1.82, 2.24) is 10.2 Å². The van der Waals surface area contributed by atoms with Crippen molar-refractivity contribution in [2.75, 3.05) is 25.1 Å². The molecule has 1 unspecified atom stereocenters. The number of hydrogen-bond donors (Lipinski definition) is 2. The van der Waals surface area contributed by atoms with Crippen molar-refractivity contribution in [2.45, 2.75) is 26.3 Å². The summed E-state index contributed by atoms with van der Waals surface area (Å²) in [5.74, 6) is 0.212. The fourth-order valence-corrected chi connectivity index (χ4v) is 2.75. The summed E-state index contributed by atoms with van der Waals surface area (Å²) in [6.07, 6.45) is 0.692. The molecule has 0 radical (unpaired) electrons. The molecule has 7 heteroatoms. The lowest BCUT2D eigenvalue weighted by atomic mass is 10.0. The molecule has 1 aromatic carbocycles. The number of urea groups is 1. The third-order valence-corrected chi connectivity index (χ3v) is 5.21. The topological polar surface area (TPSA) is 86.7 Å². The van der Waals surface area contributed by atoms with Gasteiger partial charge in [-0.15, -0.1) is 0 Å². The van der Waals surface area contributed by atoms with Gasteiger partial charge >= 0.3 is 6.03 Å². The minimum absolute atomic E-state index is 0.0383. The number of amides is 2. The smallest absolute Gasteiger partial charge is 0.317 e. The van der Waals surface area contributed by atoms with E-state index < -0.39 is 9.84 Å². The normalized spacial score (nSPS) is 12.7. The molecule has 0 saturated carbocycles. The Balaban J connectivity index is 2.63. The number of carbonyl (C=O) groups is 1. The van der Waals surface area contributed by atoms with Gasteiger partial charge in [0, 0.05) is 19.3 Å². The van der Waals surface area contributed by atoms with Crippen LogP contribution in [0.25, 0.3) is 0 Å². The van der Waals surface area contributed by atoms with Crippen LogP contribution in [-0.2, 0) is 9.84 Å². The molecule has 0 aliphatic heterocycles. The Morgan fingerprint density at radius 2 is 1.86 bits per heavy atom. The van der Waals surface area contributed by atoms with E-state index >= 15 is 0 Å². The van der Waals surface area contributed by atoms with Crippen LogP contribution >= 0.6 is 0 Å². The van der Waals surface area contributed by atoms with Crippen LogP contribution in [0, 0.1) is 0 Å². The number of sulfone groups is 1. The predicted molar refractivity (Wildman–Crippen MR) is 86.6 cm³/mol. The zero-order chi connectivity index (χ0) is 16.8. The fourth-order valence-electron chi connectivity index (χ4n) is 1.91. The molecule has 0 fully saturated rings. The number of hydrogen-bond acceptors (Lipinski definition) is 4. The number of nitrogens with zero attached hydrogens (tertiary/aromatic N) is 1. The van der Waals surface area contributed by atoms with Gasteiger partial charge in [0.1, 0.15) is 5.75 Å². The van der Waals surface area contributed by atoms with Gasteiger partial charge in [0.25, 0.3) is 0 Å². The highest BCUT2D eigenvalue weighted by Gasteiger charge is 2.17. The van der Waals surface area contributed by atoms with E-state index in [4.69, 9.17) is 0 Å². The Hall–Kier alpha value is -1.76. The van der Waals surface area contributed by atoms with E-state index in [2.05, 4.69) is 5.32 Å². The third kappa shape index (κ3) is 5.55. The van der Waals surface area contributed by atoms with Gasteiger partial charge in [0.15, 0.2) is 9.84 Å². The molecule has 1 aromatic rings. The maximum absolute atomic E-state index is 12.1. The minimum Gasteiger partial charge on any atom is -0.508 e. The molecule has 0 heterocycles. The van der Waals surface area contributed by atoms with Crippen LogP contribution in [-0.4, -0.2) is 49.6 Å². The van der Waals surface area contributed by atoms with Crippen LogP contribution in [0.4, 0.5) is 4.79 Å². The maximum atomic E-state index is 12.1. The first kappa shape index (κ1) is 18.3. The van der Waals surface area contributed by atoms with Crippen molar-refractivity contribution < 1.29 is 18.3 Å². The Morgan fingerprint density at radius 1 is 1.27 bits per heavy atom. The molecule has 0 aliphatic carbocycles. The molecule has 22 heavy (non-hydrogen) atoms. The summed E-state index contributed by atoms with van der Waals surface area (Å²) in [5.41, 5.74) is 0.892. The molecule has 1 atom stereocenters. The van der Waals surface area contributed by atoms with E-state index in [1.165, 1.54) is 4.90 Å². The summed E-state index contributed by atoms with van der Waals surface area (Å²) in [5, 5.41) is 12.2. The van der Waals surface area contributed by atoms with Gasteiger partial charge in [-0.05, 0) is 24.1 Å². The first-order valence-electron chi connectivity index (χ1n) is 7.30. The highest BCUT2D eigenvalue weighted by molar-refractivity contribution is 7.91. The van der Waals surface area contributed by atoms with Crippen molar-refractivity contribution in [3.63, 3.8) is 0 Å². The number of aromatic hydroxyl groups is 1. The van der Waals surface area contributed by atoms with Crippen LogP contribution in [0.2, 0.25) is 0 Å². The summed E-state index contributed by atoms with van der Waals surface area (Å²) in [6, 6.07) is 6.16. The highest BCUT2D eigenvalue weighted by Crippen LogP contribution is 2.19. The van der Waals surface area contributed by atoms with E-state index in [-0.39, 0.29) is 35.9 Å². The van der Waals surface area contributed by atoms with E-state index in [1.807, 2.05) is 6.92 Å². The number of phenols is 1. The quantitative estimate of drug-likeness (QED) is 0.800. The van der Waals surface area contributed by atoms with Crippen LogP contribution in [0.1, 0.15) is 31.9 Å². The Labute approximate surface area is 132 Å². The third-order valence-electron chi connectivity index (χ3n) is 3.53. The van der Waals surface area contributed by atoms with Gasteiger partial charge in [-0.1, -0.05) is 26.0 Å². The van der Waals surface area contributed by atoms with Crippen LogP contribution in [0.5, 0.6) is 5.75 Å². The second-order valence-corrected chi connectivity index (χ2v) is 7.63. The number of carbonyl (C=O) groups excluding carboxylic acids is 1. The molecule has 124 valence electrons. The minimum atomic E-state index is -3.09. The Bertz CT molecular complexity index is 584. The van der Waals surface area contributed by atoms with E-state index in [0.29, 0.717) is 6.42 Å². The Kier molecular flexibility index (Phi) is 6.67. The van der Waals surface area contributed by atoms with Gasteiger partial charge in [-0.2, -0.15) is 0 Å². The highest BCUT2D eigenvalue weighted by atomic mass is 32.2. The van der Waals surface area contributed by atoms with E-state index in [0.717, 1.165) is 5.56 Å². The molecule has 2 amide bonds. The van der Waals surface area contributed by atoms with Gasteiger partial charge in [-0.25, -0.2) is 13.2 Å². The first-order chi connectivity index (χ1) is 10.3. The van der Waals surface area contributed by atoms with Gasteiger partial charge in [-0.3, -0.25) is 0 Å². The summed E-state index contributed by atoms with van der Waals surface area (Å²) in [7, 11) is -1.52. The van der Waals surface area contributed by atoms with E-state index in [1.54, 1.807) is 38.2 Å². The summed E-state index contributed by atoms with van der Waals surface area (Å²) in [4.78, 5) is 13.5. The second-order valence-electron chi connectivity index (χ2n) is 5.16. The van der Waals surface area contributed by atoms with Crippen molar-refractivity contribution >= 4 is 15.9 Å². The lowest BCUT2D eigenvalue weighted by Gasteiger charge is -2.23. The van der Waals surface area contributed by atoms with Gasteiger partial charge < -0.3 is 15.3 Å². The average Bonchev–Trinajstić information content (AvgIpc) is 2.51. The van der Waals surface area contributed by atoms with E-state index in [9.17, 15) is 18.3 Å². The molecule has 0 aromatic heterocycles. The van der Waals surface area contributed by atoms with Crippen molar-refractivity contribution in [2.24, 2.45) is 0 Å². The van der Waals surface area contributed by atoms with Crippen LogP contribution in [0.15, 0.2) is 24.3 Å². The van der Waals surface area contributed by atoms with Crippen molar-refractivity contribution in [1.29, 1.82) is 0 Å². The number of phenolic OH excluding ortho intramolecular Hbond substituents is 1.